The molecule has 0 aromatic heterocycles. The van der Waals surface area contributed by atoms with E-state index in [9.17, 15) is 4.79 Å². The van der Waals surface area contributed by atoms with Gasteiger partial charge in [0.25, 0.3) is 0 Å². The van der Waals surface area contributed by atoms with Crippen molar-refractivity contribution in [3.63, 3.8) is 0 Å². The topological polar surface area (TPSA) is 32.3 Å². The number of hydrogen-bond donors (Lipinski definition) is 1. The van der Waals surface area contributed by atoms with Gasteiger partial charge in [-0.25, -0.2) is 0 Å². The summed E-state index contributed by atoms with van der Waals surface area (Å²) in [7, 11) is 0. The van der Waals surface area contributed by atoms with E-state index in [0.717, 1.165) is 24.2 Å². The summed E-state index contributed by atoms with van der Waals surface area (Å²) < 4.78 is 0. The van der Waals surface area contributed by atoms with E-state index in [1.807, 2.05) is 4.90 Å². The lowest BCUT2D eigenvalue weighted by Gasteiger charge is -2.38. The summed E-state index contributed by atoms with van der Waals surface area (Å²) in [5.74, 6) is 0.159. The third kappa shape index (κ3) is 2.41. The van der Waals surface area contributed by atoms with Crippen LogP contribution in [-0.2, 0) is 4.79 Å². The van der Waals surface area contributed by atoms with E-state index >= 15 is 0 Å². The molecule has 0 aliphatic carbocycles. The summed E-state index contributed by atoms with van der Waals surface area (Å²) in [4.78, 5) is 14.3. The van der Waals surface area contributed by atoms with Crippen molar-refractivity contribution in [3.05, 3.63) is 29.3 Å². The highest BCUT2D eigenvalue weighted by molar-refractivity contribution is 5.97. The van der Waals surface area contributed by atoms with Crippen LogP contribution in [0.2, 0.25) is 0 Å². The van der Waals surface area contributed by atoms with Crippen molar-refractivity contribution in [2.24, 2.45) is 0 Å². The van der Waals surface area contributed by atoms with Crippen molar-refractivity contribution in [3.8, 4) is 0 Å². The molecule has 1 aromatic rings. The first kappa shape index (κ1) is 13.1. The summed E-state index contributed by atoms with van der Waals surface area (Å²) in [6.07, 6.45) is 0.964. The van der Waals surface area contributed by atoms with E-state index in [0.29, 0.717) is 6.54 Å². The molecule has 2 rings (SSSR count). The molecule has 0 bridgehead atoms. The standard InChI is InChI=1S/C15H22N2O/c1-11-5-6-12(2)13(9-11)17-14(18)10-16-8-7-15(17,3)4/h5-6,9,16H,7-8,10H2,1-4H3. The molecule has 0 saturated carbocycles. The van der Waals surface area contributed by atoms with Crippen molar-refractivity contribution in [2.45, 2.75) is 39.7 Å². The Morgan fingerprint density at radius 2 is 2.00 bits per heavy atom. The molecule has 98 valence electrons. The quantitative estimate of drug-likeness (QED) is 0.825. The normalized spacial score (nSPS) is 19.8. The molecule has 18 heavy (non-hydrogen) atoms. The molecule has 1 aliphatic heterocycles. The molecule has 1 saturated heterocycles. The predicted molar refractivity (Wildman–Crippen MR) is 75.0 cm³/mol. The molecule has 0 spiro atoms. The maximum Gasteiger partial charge on any atom is 0.241 e. The summed E-state index contributed by atoms with van der Waals surface area (Å²) >= 11 is 0. The zero-order valence-electron chi connectivity index (χ0n) is 11.7. The number of carbonyl (C=O) groups excluding carboxylic acids is 1. The predicted octanol–water partition coefficient (Wildman–Crippen LogP) is 2.41. The second-order valence-corrected chi connectivity index (χ2v) is 5.76. The third-order valence-corrected chi connectivity index (χ3v) is 3.65. The Kier molecular flexibility index (Phi) is 3.44. The molecule has 1 aliphatic rings. The number of rotatable bonds is 1. The lowest BCUT2D eigenvalue weighted by atomic mass is 9.96. The second-order valence-electron chi connectivity index (χ2n) is 5.76. The van der Waals surface area contributed by atoms with Crippen LogP contribution in [0.5, 0.6) is 0 Å². The fraction of sp³-hybridized carbons (Fsp3) is 0.533. The van der Waals surface area contributed by atoms with E-state index < -0.39 is 0 Å². The maximum atomic E-state index is 12.4. The number of hydrogen-bond acceptors (Lipinski definition) is 2. The highest BCUT2D eigenvalue weighted by atomic mass is 16.2. The van der Waals surface area contributed by atoms with E-state index in [-0.39, 0.29) is 11.4 Å². The van der Waals surface area contributed by atoms with Crippen LogP contribution in [0.3, 0.4) is 0 Å². The largest absolute Gasteiger partial charge is 0.308 e. The summed E-state index contributed by atoms with van der Waals surface area (Å²) in [6.45, 7) is 9.73. The highest BCUT2D eigenvalue weighted by Gasteiger charge is 2.34. The number of amides is 1. The van der Waals surface area contributed by atoms with E-state index in [1.54, 1.807) is 0 Å². The average molecular weight is 246 g/mol. The zero-order chi connectivity index (χ0) is 13.3. The molecule has 0 radical (unpaired) electrons. The maximum absolute atomic E-state index is 12.4. The number of benzene rings is 1. The Labute approximate surface area is 109 Å². The number of anilines is 1. The minimum Gasteiger partial charge on any atom is -0.308 e. The Balaban J connectivity index is 2.50. The van der Waals surface area contributed by atoms with Gasteiger partial charge in [0.1, 0.15) is 0 Å². The summed E-state index contributed by atoms with van der Waals surface area (Å²) in [5.41, 5.74) is 3.26. The molecule has 3 nitrogen and oxygen atoms in total. The monoisotopic (exact) mass is 246 g/mol. The molecular formula is C15H22N2O. The molecule has 0 unspecified atom stereocenters. The molecule has 1 aromatic carbocycles. The molecule has 1 amide bonds. The Bertz CT molecular complexity index is 466. The van der Waals surface area contributed by atoms with Gasteiger partial charge in [-0.05, 0) is 57.9 Å². The fourth-order valence-electron chi connectivity index (χ4n) is 2.54. The van der Waals surface area contributed by atoms with Crippen LogP contribution in [0.15, 0.2) is 18.2 Å². The lowest BCUT2D eigenvalue weighted by molar-refractivity contribution is -0.118. The summed E-state index contributed by atoms with van der Waals surface area (Å²) in [5, 5.41) is 3.20. The van der Waals surface area contributed by atoms with Crippen LogP contribution >= 0.6 is 0 Å². The minimum absolute atomic E-state index is 0.140. The van der Waals surface area contributed by atoms with Gasteiger partial charge < -0.3 is 10.2 Å². The van der Waals surface area contributed by atoms with Crippen LogP contribution in [0.25, 0.3) is 0 Å². The number of aryl methyl sites for hydroxylation is 2. The average Bonchev–Trinajstić information content (AvgIpc) is 2.41. The van der Waals surface area contributed by atoms with E-state index in [4.69, 9.17) is 0 Å². The Morgan fingerprint density at radius 3 is 2.72 bits per heavy atom. The van der Waals surface area contributed by atoms with Gasteiger partial charge in [0.05, 0.1) is 6.54 Å². The summed E-state index contributed by atoms with van der Waals surface area (Å²) in [6, 6.07) is 6.29. The highest BCUT2D eigenvalue weighted by Crippen LogP contribution is 2.31. The number of carbonyl (C=O) groups is 1. The lowest BCUT2D eigenvalue weighted by Crippen LogP contribution is -2.48. The van der Waals surface area contributed by atoms with Gasteiger partial charge in [-0.1, -0.05) is 12.1 Å². The van der Waals surface area contributed by atoms with Crippen molar-refractivity contribution in [2.75, 3.05) is 18.0 Å². The zero-order valence-corrected chi connectivity index (χ0v) is 11.7. The van der Waals surface area contributed by atoms with Crippen LogP contribution in [0, 0.1) is 13.8 Å². The molecular weight excluding hydrogens is 224 g/mol. The number of nitrogens with zero attached hydrogens (tertiary/aromatic N) is 1. The molecule has 1 fully saturated rings. The Hall–Kier alpha value is -1.35. The fourth-order valence-corrected chi connectivity index (χ4v) is 2.54. The smallest absolute Gasteiger partial charge is 0.241 e. The molecule has 0 atom stereocenters. The van der Waals surface area contributed by atoms with Gasteiger partial charge in [-0.2, -0.15) is 0 Å². The van der Waals surface area contributed by atoms with Crippen LogP contribution < -0.4 is 10.2 Å². The second kappa shape index (κ2) is 4.73. The molecule has 1 heterocycles. The van der Waals surface area contributed by atoms with Crippen LogP contribution in [0.4, 0.5) is 5.69 Å². The van der Waals surface area contributed by atoms with Crippen molar-refractivity contribution in [1.82, 2.24) is 5.32 Å². The van der Waals surface area contributed by atoms with Crippen molar-refractivity contribution < 1.29 is 4.79 Å². The van der Waals surface area contributed by atoms with Crippen molar-refractivity contribution >= 4 is 11.6 Å². The number of nitrogens with one attached hydrogen (secondary N) is 1. The van der Waals surface area contributed by atoms with Gasteiger partial charge in [0.15, 0.2) is 0 Å². The van der Waals surface area contributed by atoms with Crippen LogP contribution in [-0.4, -0.2) is 24.5 Å². The van der Waals surface area contributed by atoms with E-state index in [1.165, 1.54) is 5.56 Å². The van der Waals surface area contributed by atoms with Gasteiger partial charge in [-0.15, -0.1) is 0 Å². The minimum atomic E-state index is -0.140. The first-order valence-corrected chi connectivity index (χ1v) is 6.53. The van der Waals surface area contributed by atoms with Gasteiger partial charge in [0.2, 0.25) is 5.91 Å². The van der Waals surface area contributed by atoms with Crippen LogP contribution in [0.1, 0.15) is 31.4 Å². The van der Waals surface area contributed by atoms with Gasteiger partial charge in [-0.3, -0.25) is 4.79 Å². The van der Waals surface area contributed by atoms with Gasteiger partial charge in [0, 0.05) is 11.2 Å². The molecule has 1 N–H and O–H groups in total. The molecule has 3 heteroatoms. The Morgan fingerprint density at radius 1 is 1.28 bits per heavy atom. The first-order valence-electron chi connectivity index (χ1n) is 6.53. The first-order chi connectivity index (χ1) is 8.42. The third-order valence-electron chi connectivity index (χ3n) is 3.65. The van der Waals surface area contributed by atoms with E-state index in [2.05, 4.69) is 51.2 Å². The van der Waals surface area contributed by atoms with Crippen molar-refractivity contribution in [1.29, 1.82) is 0 Å². The SMILES string of the molecule is Cc1ccc(C)c(N2C(=O)CNCCC2(C)C)c1. The van der Waals surface area contributed by atoms with Gasteiger partial charge >= 0.3 is 0 Å².